The third-order valence-corrected chi connectivity index (χ3v) is 4.98. The summed E-state index contributed by atoms with van der Waals surface area (Å²) in [5.41, 5.74) is 1.16. The van der Waals surface area contributed by atoms with Crippen LogP contribution in [0.3, 0.4) is 0 Å². The number of nitrogens with one attached hydrogen (secondary N) is 1. The summed E-state index contributed by atoms with van der Waals surface area (Å²) in [6.07, 6.45) is 5.11. The molecule has 0 aromatic heterocycles. The molecule has 0 unspecified atom stereocenters. The zero-order chi connectivity index (χ0) is 14.8. The molecular formula is C18H25NO2. The molecule has 2 fully saturated rings. The minimum atomic E-state index is 0.0195. The fourth-order valence-corrected chi connectivity index (χ4v) is 3.90. The van der Waals surface area contributed by atoms with E-state index in [0.29, 0.717) is 17.9 Å². The summed E-state index contributed by atoms with van der Waals surface area (Å²) in [6, 6.07) is 8.36. The summed E-state index contributed by atoms with van der Waals surface area (Å²) in [5, 5.41) is 3.17. The fourth-order valence-electron chi connectivity index (χ4n) is 3.90. The summed E-state index contributed by atoms with van der Waals surface area (Å²) in [4.78, 5) is 12.1. The Labute approximate surface area is 127 Å². The molecule has 0 saturated heterocycles. The Morgan fingerprint density at radius 1 is 1.29 bits per heavy atom. The Balaban J connectivity index is 1.52. The van der Waals surface area contributed by atoms with Gasteiger partial charge < -0.3 is 10.1 Å². The van der Waals surface area contributed by atoms with Crippen LogP contribution >= 0.6 is 0 Å². The number of fused-ring (bicyclic) bond motifs is 2. The smallest absolute Gasteiger partial charge is 0.258 e. The van der Waals surface area contributed by atoms with E-state index >= 15 is 0 Å². The van der Waals surface area contributed by atoms with Crippen LogP contribution in [0, 0.1) is 11.8 Å². The van der Waals surface area contributed by atoms with Crippen molar-refractivity contribution in [3.63, 3.8) is 0 Å². The minimum Gasteiger partial charge on any atom is -0.483 e. The van der Waals surface area contributed by atoms with Crippen LogP contribution in [0.5, 0.6) is 5.75 Å². The van der Waals surface area contributed by atoms with Gasteiger partial charge in [-0.25, -0.2) is 0 Å². The highest BCUT2D eigenvalue weighted by Crippen LogP contribution is 2.44. The van der Waals surface area contributed by atoms with E-state index in [1.807, 2.05) is 18.2 Å². The Bertz CT molecular complexity index is 512. The van der Waals surface area contributed by atoms with Crippen molar-refractivity contribution in [2.75, 3.05) is 6.61 Å². The van der Waals surface area contributed by atoms with Gasteiger partial charge in [-0.05, 0) is 48.6 Å². The molecule has 1 N–H and O–H groups in total. The van der Waals surface area contributed by atoms with Gasteiger partial charge in [0.2, 0.25) is 0 Å². The van der Waals surface area contributed by atoms with E-state index < -0.39 is 0 Å². The summed E-state index contributed by atoms with van der Waals surface area (Å²) in [6.45, 7) is 4.40. The molecule has 3 nitrogen and oxygen atoms in total. The Morgan fingerprint density at radius 3 is 2.76 bits per heavy atom. The van der Waals surface area contributed by atoms with E-state index in [0.717, 1.165) is 17.2 Å². The molecule has 1 aromatic carbocycles. The quantitative estimate of drug-likeness (QED) is 0.900. The number of hydrogen-bond donors (Lipinski definition) is 1. The molecule has 2 saturated carbocycles. The number of hydrogen-bond acceptors (Lipinski definition) is 2. The maximum atomic E-state index is 12.1. The SMILES string of the molecule is CC(C)c1ccccc1OCC(=O)N[C@@H]1C[C@H]2CC[C@H]1C2. The van der Waals surface area contributed by atoms with Crippen molar-refractivity contribution in [1.82, 2.24) is 5.32 Å². The number of ether oxygens (including phenoxy) is 1. The number of carbonyl (C=O) groups is 1. The molecule has 3 atom stereocenters. The molecule has 1 amide bonds. The van der Waals surface area contributed by atoms with Crippen molar-refractivity contribution in [1.29, 1.82) is 0 Å². The summed E-state index contributed by atoms with van der Waals surface area (Å²) in [7, 11) is 0. The lowest BCUT2D eigenvalue weighted by Gasteiger charge is -2.23. The van der Waals surface area contributed by atoms with Crippen molar-refractivity contribution in [2.45, 2.75) is 51.5 Å². The lowest BCUT2D eigenvalue weighted by molar-refractivity contribution is -0.124. The topological polar surface area (TPSA) is 38.3 Å². The van der Waals surface area contributed by atoms with Gasteiger partial charge in [-0.3, -0.25) is 4.79 Å². The normalized spacial score (nSPS) is 27.1. The van der Waals surface area contributed by atoms with Gasteiger partial charge in [0, 0.05) is 6.04 Å². The van der Waals surface area contributed by atoms with Crippen LogP contribution in [0.2, 0.25) is 0 Å². The predicted molar refractivity (Wildman–Crippen MR) is 83.4 cm³/mol. The zero-order valence-corrected chi connectivity index (χ0v) is 13.0. The van der Waals surface area contributed by atoms with Gasteiger partial charge in [-0.1, -0.05) is 38.5 Å². The van der Waals surface area contributed by atoms with Gasteiger partial charge in [0.15, 0.2) is 6.61 Å². The zero-order valence-electron chi connectivity index (χ0n) is 13.0. The van der Waals surface area contributed by atoms with Gasteiger partial charge in [0.25, 0.3) is 5.91 Å². The Kier molecular flexibility index (Phi) is 4.18. The van der Waals surface area contributed by atoms with Crippen LogP contribution in [0.4, 0.5) is 0 Å². The Morgan fingerprint density at radius 2 is 2.10 bits per heavy atom. The summed E-state index contributed by atoms with van der Waals surface area (Å²) in [5.74, 6) is 2.81. The Hall–Kier alpha value is -1.51. The van der Waals surface area contributed by atoms with Crippen molar-refractivity contribution < 1.29 is 9.53 Å². The van der Waals surface area contributed by atoms with E-state index in [1.54, 1.807) is 0 Å². The lowest BCUT2D eigenvalue weighted by Crippen LogP contribution is -2.40. The van der Waals surface area contributed by atoms with E-state index in [4.69, 9.17) is 4.74 Å². The van der Waals surface area contributed by atoms with Gasteiger partial charge in [-0.15, -0.1) is 0 Å². The van der Waals surface area contributed by atoms with Gasteiger partial charge >= 0.3 is 0 Å². The van der Waals surface area contributed by atoms with E-state index in [9.17, 15) is 4.79 Å². The highest BCUT2D eigenvalue weighted by Gasteiger charge is 2.40. The molecule has 0 spiro atoms. The molecule has 114 valence electrons. The van der Waals surface area contributed by atoms with Gasteiger partial charge in [0.1, 0.15) is 5.75 Å². The molecule has 0 radical (unpaired) electrons. The highest BCUT2D eigenvalue weighted by molar-refractivity contribution is 5.78. The third kappa shape index (κ3) is 3.22. The van der Waals surface area contributed by atoms with Crippen molar-refractivity contribution >= 4 is 5.91 Å². The maximum absolute atomic E-state index is 12.1. The van der Waals surface area contributed by atoms with Gasteiger partial charge in [0.05, 0.1) is 0 Å². The molecule has 21 heavy (non-hydrogen) atoms. The second-order valence-electron chi connectivity index (χ2n) is 6.83. The van der Waals surface area contributed by atoms with Crippen LogP contribution in [-0.4, -0.2) is 18.6 Å². The number of amides is 1. The molecule has 0 aliphatic heterocycles. The second kappa shape index (κ2) is 6.08. The summed E-state index contributed by atoms with van der Waals surface area (Å²) < 4.78 is 5.74. The van der Waals surface area contributed by atoms with Crippen LogP contribution in [0.15, 0.2) is 24.3 Å². The first kappa shape index (κ1) is 14.4. The van der Waals surface area contributed by atoms with Crippen LogP contribution < -0.4 is 10.1 Å². The average Bonchev–Trinajstić information content (AvgIpc) is 3.08. The highest BCUT2D eigenvalue weighted by atomic mass is 16.5. The molecule has 3 heteroatoms. The fraction of sp³-hybridized carbons (Fsp3) is 0.611. The second-order valence-corrected chi connectivity index (χ2v) is 6.83. The molecule has 2 aliphatic carbocycles. The number of benzene rings is 1. The molecule has 0 heterocycles. The molecular weight excluding hydrogens is 262 g/mol. The van der Waals surface area contributed by atoms with E-state index in [-0.39, 0.29) is 12.5 Å². The molecule has 3 rings (SSSR count). The van der Waals surface area contributed by atoms with Crippen LogP contribution in [0.25, 0.3) is 0 Å². The monoisotopic (exact) mass is 287 g/mol. The molecule has 1 aromatic rings. The van der Waals surface area contributed by atoms with Crippen LogP contribution in [-0.2, 0) is 4.79 Å². The maximum Gasteiger partial charge on any atom is 0.258 e. The predicted octanol–water partition coefficient (Wildman–Crippen LogP) is 3.49. The third-order valence-electron chi connectivity index (χ3n) is 4.98. The van der Waals surface area contributed by atoms with Gasteiger partial charge in [-0.2, -0.15) is 0 Å². The molecule has 2 aliphatic rings. The molecule has 2 bridgehead atoms. The number of rotatable bonds is 5. The summed E-state index contributed by atoms with van der Waals surface area (Å²) >= 11 is 0. The van der Waals surface area contributed by atoms with Crippen molar-refractivity contribution in [3.8, 4) is 5.75 Å². The van der Waals surface area contributed by atoms with Crippen molar-refractivity contribution in [2.24, 2.45) is 11.8 Å². The first-order valence-corrected chi connectivity index (χ1v) is 8.14. The van der Waals surface area contributed by atoms with Crippen LogP contribution in [0.1, 0.15) is 51.0 Å². The van der Waals surface area contributed by atoms with E-state index in [1.165, 1.54) is 25.7 Å². The average molecular weight is 287 g/mol. The number of para-hydroxylation sites is 1. The largest absolute Gasteiger partial charge is 0.483 e. The first-order chi connectivity index (χ1) is 10.1. The number of carbonyl (C=O) groups excluding carboxylic acids is 1. The van der Waals surface area contributed by atoms with Crippen molar-refractivity contribution in [3.05, 3.63) is 29.8 Å². The minimum absolute atomic E-state index is 0.0195. The first-order valence-electron chi connectivity index (χ1n) is 8.14. The standard InChI is InChI=1S/C18H25NO2/c1-12(2)15-5-3-4-6-17(15)21-11-18(20)19-16-10-13-7-8-14(16)9-13/h3-6,12-14,16H,7-11H2,1-2H3,(H,19,20)/t13-,14-,16+/m0/s1. The lowest BCUT2D eigenvalue weighted by atomic mass is 9.95. The van der Waals surface area contributed by atoms with E-state index in [2.05, 4.69) is 25.2 Å².